The minimum absolute atomic E-state index is 1.17. The molecule has 0 N–H and O–H groups in total. The summed E-state index contributed by atoms with van der Waals surface area (Å²) in [6, 6.07) is 66.8. The number of thiophene rings is 1. The van der Waals surface area contributed by atoms with Crippen molar-refractivity contribution in [2.75, 3.05) is 0 Å². The Labute approximate surface area is 298 Å². The molecule has 0 saturated heterocycles. The second-order valence-corrected chi connectivity index (χ2v) is 14.4. The molecule has 0 aliphatic carbocycles. The molecule has 0 aliphatic heterocycles. The van der Waals surface area contributed by atoms with Crippen LogP contribution in [0.1, 0.15) is 0 Å². The van der Waals surface area contributed by atoms with E-state index in [1.54, 1.807) is 0 Å². The fraction of sp³-hybridized carbons (Fsp3) is 0. The van der Waals surface area contributed by atoms with Gasteiger partial charge in [-0.3, -0.25) is 0 Å². The van der Waals surface area contributed by atoms with Gasteiger partial charge in [0.25, 0.3) is 0 Å². The van der Waals surface area contributed by atoms with E-state index in [1.807, 2.05) is 11.3 Å². The summed E-state index contributed by atoms with van der Waals surface area (Å²) >= 11 is 1.87. The van der Waals surface area contributed by atoms with Crippen LogP contribution < -0.4 is 0 Å². The highest BCUT2D eigenvalue weighted by molar-refractivity contribution is 7.25. The van der Waals surface area contributed by atoms with E-state index in [4.69, 9.17) is 0 Å². The zero-order valence-electron chi connectivity index (χ0n) is 27.6. The van der Waals surface area contributed by atoms with Crippen molar-refractivity contribution >= 4 is 75.1 Å². The second-order valence-electron chi connectivity index (χ2n) is 13.3. The molecule has 3 heteroatoms. The molecule has 0 spiro atoms. The standard InChI is InChI=1S/C48H30N2S/c1-3-13-31(14-4-1)35-25-26-39-36-17-7-11-21-43(36)50(34-24-28-46-41(30-34)38-19-9-12-22-45(38)51-46)48(39)47(35)32-23-27-44-40(29-32)37-18-8-10-20-42(37)49(44)33-15-5-2-6-16-33/h1-30H. The van der Waals surface area contributed by atoms with Crippen molar-refractivity contribution in [3.8, 4) is 33.6 Å². The number of nitrogens with zero attached hydrogens (tertiary/aromatic N) is 2. The first-order chi connectivity index (χ1) is 25.3. The lowest BCUT2D eigenvalue weighted by Crippen LogP contribution is -1.97. The van der Waals surface area contributed by atoms with Crippen molar-refractivity contribution in [1.82, 2.24) is 9.13 Å². The van der Waals surface area contributed by atoms with Crippen LogP contribution in [0.5, 0.6) is 0 Å². The van der Waals surface area contributed by atoms with Gasteiger partial charge in [0.05, 0.1) is 22.1 Å². The molecule has 8 aromatic carbocycles. The molecule has 2 nitrogen and oxygen atoms in total. The molecule has 51 heavy (non-hydrogen) atoms. The largest absolute Gasteiger partial charge is 0.309 e. The Kier molecular flexibility index (Phi) is 6.16. The van der Waals surface area contributed by atoms with Crippen LogP contribution in [0.25, 0.3) is 97.4 Å². The molecule has 3 aromatic heterocycles. The SMILES string of the molecule is c1ccc(-c2ccc3c4ccccc4n(-c4ccc5sc6ccccc6c5c4)c3c2-c2ccc3c(c2)c2ccccc2n3-c2ccccc2)cc1. The van der Waals surface area contributed by atoms with E-state index in [-0.39, 0.29) is 0 Å². The van der Waals surface area contributed by atoms with Crippen LogP contribution in [-0.4, -0.2) is 9.13 Å². The topological polar surface area (TPSA) is 9.86 Å². The Hall–Kier alpha value is -6.42. The van der Waals surface area contributed by atoms with Crippen molar-refractivity contribution in [2.24, 2.45) is 0 Å². The first kappa shape index (κ1) is 28.4. The molecule has 11 aromatic rings. The van der Waals surface area contributed by atoms with Crippen LogP contribution in [0.4, 0.5) is 0 Å². The highest BCUT2D eigenvalue weighted by Gasteiger charge is 2.22. The quantitative estimate of drug-likeness (QED) is 0.177. The van der Waals surface area contributed by atoms with Crippen molar-refractivity contribution < 1.29 is 0 Å². The van der Waals surface area contributed by atoms with Gasteiger partial charge in [-0.2, -0.15) is 0 Å². The summed E-state index contributed by atoms with van der Waals surface area (Å²) in [5.74, 6) is 0. The summed E-state index contributed by atoms with van der Waals surface area (Å²) in [6.07, 6.45) is 0. The molecule has 3 heterocycles. The molecular weight excluding hydrogens is 637 g/mol. The number of para-hydroxylation sites is 3. The lowest BCUT2D eigenvalue weighted by atomic mass is 9.91. The number of fused-ring (bicyclic) bond motifs is 9. The van der Waals surface area contributed by atoms with Crippen LogP contribution in [0.2, 0.25) is 0 Å². The van der Waals surface area contributed by atoms with Crippen molar-refractivity contribution in [3.63, 3.8) is 0 Å². The Balaban J connectivity index is 1.28. The summed E-state index contributed by atoms with van der Waals surface area (Å²) < 4.78 is 7.54. The van der Waals surface area contributed by atoms with Gasteiger partial charge < -0.3 is 9.13 Å². The van der Waals surface area contributed by atoms with Crippen LogP contribution in [-0.2, 0) is 0 Å². The van der Waals surface area contributed by atoms with Gasteiger partial charge in [-0.05, 0) is 77.4 Å². The maximum Gasteiger partial charge on any atom is 0.0625 e. The molecular formula is C48H30N2S. The Bertz CT molecular complexity index is 3130. The lowest BCUT2D eigenvalue weighted by Gasteiger charge is -2.17. The smallest absolute Gasteiger partial charge is 0.0625 e. The van der Waals surface area contributed by atoms with Gasteiger partial charge in [0.1, 0.15) is 0 Å². The Morgan fingerprint density at radius 3 is 1.76 bits per heavy atom. The zero-order valence-corrected chi connectivity index (χ0v) is 28.4. The normalized spacial score (nSPS) is 11.9. The predicted octanol–water partition coefficient (Wildman–Crippen LogP) is 13.6. The molecule has 0 atom stereocenters. The van der Waals surface area contributed by atoms with E-state index < -0.39 is 0 Å². The highest BCUT2D eigenvalue weighted by Crippen LogP contribution is 2.46. The lowest BCUT2D eigenvalue weighted by molar-refractivity contribution is 1.18. The second kappa shape index (κ2) is 11.0. The summed E-state index contributed by atoms with van der Waals surface area (Å²) in [6.45, 7) is 0. The van der Waals surface area contributed by atoms with Crippen LogP contribution in [0.15, 0.2) is 182 Å². The molecule has 238 valence electrons. The molecule has 0 amide bonds. The van der Waals surface area contributed by atoms with Crippen LogP contribution in [0, 0.1) is 0 Å². The Morgan fingerprint density at radius 2 is 0.961 bits per heavy atom. The van der Waals surface area contributed by atoms with Gasteiger partial charge in [-0.1, -0.05) is 121 Å². The summed E-state index contributed by atoms with van der Waals surface area (Å²) in [4.78, 5) is 0. The summed E-state index contributed by atoms with van der Waals surface area (Å²) in [5, 5.41) is 7.62. The van der Waals surface area contributed by atoms with Gasteiger partial charge >= 0.3 is 0 Å². The van der Waals surface area contributed by atoms with E-state index in [1.165, 1.54) is 97.4 Å². The number of rotatable bonds is 4. The van der Waals surface area contributed by atoms with Crippen LogP contribution >= 0.6 is 11.3 Å². The van der Waals surface area contributed by atoms with Crippen molar-refractivity contribution in [1.29, 1.82) is 0 Å². The molecule has 0 saturated carbocycles. The third kappa shape index (κ3) is 4.22. The first-order valence-electron chi connectivity index (χ1n) is 17.4. The third-order valence-electron chi connectivity index (χ3n) is 10.5. The average molecular weight is 667 g/mol. The number of benzene rings is 8. The maximum atomic E-state index is 2.51. The van der Waals surface area contributed by atoms with Crippen molar-refractivity contribution in [2.45, 2.75) is 0 Å². The van der Waals surface area contributed by atoms with Gasteiger partial charge in [0.2, 0.25) is 0 Å². The molecule has 0 aliphatic rings. The van der Waals surface area contributed by atoms with E-state index in [9.17, 15) is 0 Å². The van der Waals surface area contributed by atoms with E-state index in [0.717, 1.165) is 0 Å². The van der Waals surface area contributed by atoms with Gasteiger partial charge in [0, 0.05) is 58.7 Å². The number of hydrogen-bond donors (Lipinski definition) is 0. The van der Waals surface area contributed by atoms with Gasteiger partial charge in [0.15, 0.2) is 0 Å². The predicted molar refractivity (Wildman–Crippen MR) is 219 cm³/mol. The molecule has 0 bridgehead atoms. The summed E-state index contributed by atoms with van der Waals surface area (Å²) in [7, 11) is 0. The molecule has 0 fully saturated rings. The van der Waals surface area contributed by atoms with Gasteiger partial charge in [-0.15, -0.1) is 11.3 Å². The highest BCUT2D eigenvalue weighted by atomic mass is 32.1. The van der Waals surface area contributed by atoms with Crippen molar-refractivity contribution in [3.05, 3.63) is 182 Å². The van der Waals surface area contributed by atoms with E-state index >= 15 is 0 Å². The van der Waals surface area contributed by atoms with Gasteiger partial charge in [-0.25, -0.2) is 0 Å². The minimum Gasteiger partial charge on any atom is -0.309 e. The van der Waals surface area contributed by atoms with E-state index in [2.05, 4.69) is 191 Å². The summed E-state index contributed by atoms with van der Waals surface area (Å²) in [5.41, 5.74) is 12.1. The van der Waals surface area contributed by atoms with E-state index in [0.29, 0.717) is 0 Å². The van der Waals surface area contributed by atoms with Crippen LogP contribution in [0.3, 0.4) is 0 Å². The monoisotopic (exact) mass is 666 g/mol. The zero-order chi connectivity index (χ0) is 33.5. The molecule has 11 rings (SSSR count). The number of hydrogen-bond acceptors (Lipinski definition) is 1. The minimum atomic E-state index is 1.17. The number of aromatic nitrogens is 2. The third-order valence-corrected chi connectivity index (χ3v) is 11.7. The maximum absolute atomic E-state index is 2.51. The molecule has 0 radical (unpaired) electrons. The Morgan fingerprint density at radius 1 is 0.333 bits per heavy atom. The first-order valence-corrected chi connectivity index (χ1v) is 18.3. The fourth-order valence-corrected chi connectivity index (χ4v) is 9.40. The fourth-order valence-electron chi connectivity index (χ4n) is 8.31. The average Bonchev–Trinajstić information content (AvgIpc) is 3.85. The molecule has 0 unspecified atom stereocenters.